The van der Waals surface area contributed by atoms with Crippen LogP contribution in [0.15, 0.2) is 12.4 Å². The number of aromatic nitrogens is 2. The van der Waals surface area contributed by atoms with Gasteiger partial charge in [0.2, 0.25) is 0 Å². The van der Waals surface area contributed by atoms with E-state index in [2.05, 4.69) is 28.7 Å². The van der Waals surface area contributed by atoms with E-state index >= 15 is 0 Å². The molecular formula is C12H23N3O. The van der Waals surface area contributed by atoms with E-state index in [1.165, 1.54) is 0 Å². The second kappa shape index (κ2) is 5.46. The zero-order chi connectivity index (χ0) is 12.2. The maximum atomic E-state index is 9.68. The molecule has 0 spiro atoms. The molecule has 1 heterocycles. The topological polar surface area (TPSA) is 50.1 Å². The van der Waals surface area contributed by atoms with Crippen molar-refractivity contribution in [2.24, 2.45) is 0 Å². The van der Waals surface area contributed by atoms with Crippen molar-refractivity contribution in [3.05, 3.63) is 18.2 Å². The van der Waals surface area contributed by atoms with Crippen molar-refractivity contribution in [1.82, 2.24) is 14.9 Å². The maximum absolute atomic E-state index is 9.68. The molecule has 0 amide bonds. The molecule has 0 radical (unpaired) electrons. The van der Waals surface area contributed by atoms with Crippen LogP contribution in [0.2, 0.25) is 0 Å². The van der Waals surface area contributed by atoms with Gasteiger partial charge in [0.25, 0.3) is 0 Å². The van der Waals surface area contributed by atoms with E-state index < -0.39 is 5.60 Å². The number of aliphatic hydroxyl groups is 1. The molecule has 92 valence electrons. The van der Waals surface area contributed by atoms with Gasteiger partial charge in [-0.25, -0.2) is 4.98 Å². The third-order valence-corrected chi connectivity index (χ3v) is 2.43. The van der Waals surface area contributed by atoms with Gasteiger partial charge in [0.1, 0.15) is 5.82 Å². The van der Waals surface area contributed by atoms with Crippen LogP contribution in [0.25, 0.3) is 0 Å². The molecule has 0 aliphatic heterocycles. The Bertz CT molecular complexity index is 312. The predicted molar refractivity (Wildman–Crippen MR) is 65.1 cm³/mol. The van der Waals surface area contributed by atoms with Gasteiger partial charge in [-0.05, 0) is 20.3 Å². The van der Waals surface area contributed by atoms with Gasteiger partial charge in [-0.3, -0.25) is 0 Å². The van der Waals surface area contributed by atoms with Gasteiger partial charge in [-0.1, -0.05) is 13.8 Å². The molecular weight excluding hydrogens is 202 g/mol. The first-order valence-electron chi connectivity index (χ1n) is 5.84. The fraction of sp³-hybridized carbons (Fsp3) is 0.750. The minimum atomic E-state index is -0.618. The molecule has 0 unspecified atom stereocenters. The largest absolute Gasteiger partial charge is 0.390 e. The molecule has 0 aromatic carbocycles. The Balaban J connectivity index is 2.50. The van der Waals surface area contributed by atoms with Crippen LogP contribution >= 0.6 is 0 Å². The van der Waals surface area contributed by atoms with Crippen molar-refractivity contribution in [2.75, 3.05) is 0 Å². The number of aryl methyl sites for hydroxylation is 1. The van der Waals surface area contributed by atoms with Gasteiger partial charge in [0.05, 0.1) is 12.1 Å². The van der Waals surface area contributed by atoms with Crippen molar-refractivity contribution in [3.8, 4) is 0 Å². The molecule has 4 nitrogen and oxygen atoms in total. The molecule has 0 atom stereocenters. The number of hydrogen-bond acceptors (Lipinski definition) is 3. The maximum Gasteiger partial charge on any atom is 0.122 e. The van der Waals surface area contributed by atoms with Crippen LogP contribution in [-0.2, 0) is 13.1 Å². The molecule has 0 saturated carbocycles. The number of imidazole rings is 1. The lowest BCUT2D eigenvalue weighted by molar-refractivity contribution is 0.0659. The molecule has 2 N–H and O–H groups in total. The summed E-state index contributed by atoms with van der Waals surface area (Å²) in [7, 11) is 0. The van der Waals surface area contributed by atoms with Gasteiger partial charge in [-0.15, -0.1) is 0 Å². The highest BCUT2D eigenvalue weighted by Gasteiger charge is 2.13. The van der Waals surface area contributed by atoms with Crippen LogP contribution < -0.4 is 5.32 Å². The fourth-order valence-corrected chi connectivity index (χ4v) is 1.40. The molecule has 0 saturated heterocycles. The Morgan fingerprint density at radius 3 is 2.75 bits per heavy atom. The summed E-state index contributed by atoms with van der Waals surface area (Å²) >= 11 is 0. The third kappa shape index (κ3) is 4.77. The summed E-state index contributed by atoms with van der Waals surface area (Å²) in [6.07, 6.45) is 4.50. The van der Waals surface area contributed by atoms with E-state index in [1.54, 1.807) is 0 Å². The Labute approximate surface area is 97.7 Å². The minimum Gasteiger partial charge on any atom is -0.390 e. The molecule has 0 aliphatic rings. The van der Waals surface area contributed by atoms with E-state index in [1.807, 2.05) is 26.2 Å². The van der Waals surface area contributed by atoms with Crippen LogP contribution in [0.5, 0.6) is 0 Å². The highest BCUT2D eigenvalue weighted by Crippen LogP contribution is 2.10. The monoisotopic (exact) mass is 225 g/mol. The van der Waals surface area contributed by atoms with Crippen molar-refractivity contribution >= 4 is 0 Å². The first-order valence-corrected chi connectivity index (χ1v) is 5.84. The second-order valence-corrected chi connectivity index (χ2v) is 5.13. The molecule has 16 heavy (non-hydrogen) atoms. The first kappa shape index (κ1) is 13.2. The lowest BCUT2D eigenvalue weighted by atomic mass is 10.1. The van der Waals surface area contributed by atoms with Crippen LogP contribution in [-0.4, -0.2) is 26.3 Å². The standard InChI is InChI=1S/C12H23N3O/c1-10(2)14-9-11-13-6-8-15(11)7-5-12(3,4)16/h6,8,10,14,16H,5,7,9H2,1-4H3. The van der Waals surface area contributed by atoms with E-state index in [4.69, 9.17) is 0 Å². The second-order valence-electron chi connectivity index (χ2n) is 5.13. The minimum absolute atomic E-state index is 0.458. The first-order chi connectivity index (χ1) is 7.38. The summed E-state index contributed by atoms with van der Waals surface area (Å²) in [5.74, 6) is 1.03. The van der Waals surface area contributed by atoms with E-state index in [9.17, 15) is 5.11 Å². The third-order valence-electron chi connectivity index (χ3n) is 2.43. The SMILES string of the molecule is CC(C)NCc1nccn1CCC(C)(C)O. The molecule has 0 bridgehead atoms. The zero-order valence-corrected chi connectivity index (χ0v) is 10.7. The summed E-state index contributed by atoms with van der Waals surface area (Å²) in [5.41, 5.74) is -0.618. The summed E-state index contributed by atoms with van der Waals surface area (Å²) in [6, 6.07) is 0.458. The summed E-state index contributed by atoms with van der Waals surface area (Å²) < 4.78 is 2.09. The van der Waals surface area contributed by atoms with Crippen molar-refractivity contribution in [1.29, 1.82) is 0 Å². The van der Waals surface area contributed by atoms with Crippen molar-refractivity contribution < 1.29 is 5.11 Å². The average Bonchev–Trinajstić information content (AvgIpc) is 2.57. The quantitative estimate of drug-likeness (QED) is 0.772. The van der Waals surface area contributed by atoms with Crippen LogP contribution in [0.4, 0.5) is 0 Å². The molecule has 0 aliphatic carbocycles. The lowest BCUT2D eigenvalue weighted by Crippen LogP contribution is -2.25. The van der Waals surface area contributed by atoms with E-state index in [0.29, 0.717) is 6.04 Å². The van der Waals surface area contributed by atoms with Crippen LogP contribution in [0.1, 0.15) is 39.9 Å². The van der Waals surface area contributed by atoms with Crippen molar-refractivity contribution in [3.63, 3.8) is 0 Å². The number of nitrogens with one attached hydrogen (secondary N) is 1. The molecule has 1 rings (SSSR count). The average molecular weight is 225 g/mol. The fourth-order valence-electron chi connectivity index (χ4n) is 1.40. The summed E-state index contributed by atoms with van der Waals surface area (Å²) in [5, 5.41) is 13.0. The number of nitrogens with zero attached hydrogens (tertiary/aromatic N) is 2. The summed E-state index contributed by atoms with van der Waals surface area (Å²) in [6.45, 7) is 9.47. The predicted octanol–water partition coefficient (Wildman–Crippen LogP) is 1.54. The zero-order valence-electron chi connectivity index (χ0n) is 10.7. The molecule has 1 aromatic rings. The van der Waals surface area contributed by atoms with Crippen molar-refractivity contribution in [2.45, 2.75) is 58.8 Å². The Kier molecular flexibility index (Phi) is 4.50. The Morgan fingerprint density at radius 1 is 1.50 bits per heavy atom. The highest BCUT2D eigenvalue weighted by molar-refractivity contribution is 4.92. The Morgan fingerprint density at radius 2 is 2.19 bits per heavy atom. The van der Waals surface area contributed by atoms with Gasteiger partial charge < -0.3 is 15.0 Å². The Hall–Kier alpha value is -0.870. The highest BCUT2D eigenvalue weighted by atomic mass is 16.3. The van der Waals surface area contributed by atoms with Gasteiger partial charge in [-0.2, -0.15) is 0 Å². The van der Waals surface area contributed by atoms with Gasteiger partial charge in [0, 0.05) is 25.0 Å². The van der Waals surface area contributed by atoms with Crippen LogP contribution in [0, 0.1) is 0 Å². The normalized spacial score (nSPS) is 12.4. The number of hydrogen-bond donors (Lipinski definition) is 2. The van der Waals surface area contributed by atoms with E-state index in [0.717, 1.165) is 25.3 Å². The molecule has 1 aromatic heterocycles. The summed E-state index contributed by atoms with van der Waals surface area (Å²) in [4.78, 5) is 4.31. The van der Waals surface area contributed by atoms with Gasteiger partial charge in [0.15, 0.2) is 0 Å². The molecule has 0 fully saturated rings. The van der Waals surface area contributed by atoms with E-state index in [-0.39, 0.29) is 0 Å². The lowest BCUT2D eigenvalue weighted by Gasteiger charge is -2.18. The smallest absolute Gasteiger partial charge is 0.122 e. The molecule has 4 heteroatoms. The van der Waals surface area contributed by atoms with Crippen LogP contribution in [0.3, 0.4) is 0 Å². The van der Waals surface area contributed by atoms with Gasteiger partial charge >= 0.3 is 0 Å². The number of rotatable bonds is 6.